The van der Waals surface area contributed by atoms with Crippen LogP contribution in [0.1, 0.15) is 12.8 Å². The van der Waals surface area contributed by atoms with Crippen LogP contribution < -0.4 is 0 Å². The van der Waals surface area contributed by atoms with E-state index in [0.29, 0.717) is 6.42 Å². The molecule has 52 valence electrons. The van der Waals surface area contributed by atoms with E-state index in [1.54, 1.807) is 0 Å². The van der Waals surface area contributed by atoms with Gasteiger partial charge in [0.15, 0.2) is 0 Å². The predicted octanol–water partition coefficient (Wildman–Crippen LogP) is 1.43. The molecule has 0 bridgehead atoms. The van der Waals surface area contributed by atoms with Gasteiger partial charge in [0, 0.05) is 13.5 Å². The number of halogens is 2. The van der Waals surface area contributed by atoms with Crippen molar-refractivity contribution in [2.45, 2.75) is 24.9 Å². The van der Waals surface area contributed by atoms with E-state index in [-0.39, 0.29) is 12.5 Å². The molecule has 2 saturated carbocycles. The first-order chi connectivity index (χ1) is 4.12. The minimum absolute atomic E-state index is 0.0541. The Bertz CT molecular complexity index is 157. The Kier molecular flexibility index (Phi) is 0.712. The lowest BCUT2D eigenvalue weighted by Gasteiger charge is -1.92. The standard InChI is InChI=1S/C6H8F2O/c1-9-4-2-5(4)3-6(5,7)8/h4H,2-3H2,1H3. The number of hydrogen-bond donors (Lipinski definition) is 0. The molecule has 2 atom stereocenters. The SMILES string of the molecule is COC1CC12CC2(F)F. The Labute approximate surface area is 52.0 Å². The molecule has 1 nitrogen and oxygen atoms in total. The van der Waals surface area contributed by atoms with Crippen molar-refractivity contribution >= 4 is 0 Å². The highest BCUT2D eigenvalue weighted by Crippen LogP contribution is 2.76. The van der Waals surface area contributed by atoms with E-state index < -0.39 is 11.3 Å². The molecule has 0 aromatic carbocycles. The lowest BCUT2D eigenvalue weighted by Crippen LogP contribution is -1.99. The van der Waals surface area contributed by atoms with Crippen molar-refractivity contribution in [3.05, 3.63) is 0 Å². The van der Waals surface area contributed by atoms with E-state index in [1.165, 1.54) is 7.11 Å². The second-order valence-electron chi connectivity index (χ2n) is 2.97. The predicted molar refractivity (Wildman–Crippen MR) is 27.4 cm³/mol. The molecule has 0 aromatic rings. The summed E-state index contributed by atoms with van der Waals surface area (Å²) in [5.74, 6) is -2.40. The first kappa shape index (κ1) is 5.59. The van der Waals surface area contributed by atoms with Gasteiger partial charge in [-0.05, 0) is 6.42 Å². The maximum Gasteiger partial charge on any atom is 0.257 e. The van der Waals surface area contributed by atoms with Crippen LogP contribution in [0.2, 0.25) is 0 Å². The lowest BCUT2D eigenvalue weighted by atomic mass is 10.4. The molecule has 0 amide bonds. The molecule has 2 rings (SSSR count). The van der Waals surface area contributed by atoms with Crippen LogP contribution in [0.15, 0.2) is 0 Å². The van der Waals surface area contributed by atoms with Crippen molar-refractivity contribution in [3.63, 3.8) is 0 Å². The molecule has 1 spiro atoms. The fourth-order valence-corrected chi connectivity index (χ4v) is 1.50. The molecule has 2 aliphatic rings. The van der Waals surface area contributed by atoms with Crippen LogP contribution in [0.5, 0.6) is 0 Å². The normalized spacial score (nSPS) is 51.7. The van der Waals surface area contributed by atoms with Gasteiger partial charge in [0.2, 0.25) is 0 Å². The number of ether oxygens (including phenoxy) is 1. The summed E-state index contributed by atoms with van der Waals surface area (Å²) in [5.41, 5.74) is -0.693. The average Bonchev–Trinajstić information content (AvgIpc) is 2.53. The first-order valence-electron chi connectivity index (χ1n) is 3.03. The van der Waals surface area contributed by atoms with E-state index in [9.17, 15) is 8.78 Å². The van der Waals surface area contributed by atoms with Crippen LogP contribution in [0, 0.1) is 5.41 Å². The molecule has 0 aromatic heterocycles. The van der Waals surface area contributed by atoms with Crippen LogP contribution in [-0.4, -0.2) is 19.1 Å². The fourth-order valence-electron chi connectivity index (χ4n) is 1.50. The van der Waals surface area contributed by atoms with Crippen molar-refractivity contribution in [2.75, 3.05) is 7.11 Å². The van der Waals surface area contributed by atoms with Gasteiger partial charge in [-0.15, -0.1) is 0 Å². The first-order valence-corrected chi connectivity index (χ1v) is 3.03. The second kappa shape index (κ2) is 1.15. The topological polar surface area (TPSA) is 9.23 Å². The quantitative estimate of drug-likeness (QED) is 0.527. The molecular weight excluding hydrogens is 126 g/mol. The molecule has 2 unspecified atom stereocenters. The third kappa shape index (κ3) is 0.467. The minimum Gasteiger partial charge on any atom is -0.381 e. The zero-order chi connectivity index (χ0) is 6.70. The summed E-state index contributed by atoms with van der Waals surface area (Å²) in [6, 6.07) is 0. The summed E-state index contributed by atoms with van der Waals surface area (Å²) in [6.45, 7) is 0. The Morgan fingerprint density at radius 1 is 1.56 bits per heavy atom. The fraction of sp³-hybridized carbons (Fsp3) is 1.00. The van der Waals surface area contributed by atoms with E-state index in [4.69, 9.17) is 4.74 Å². The highest BCUT2D eigenvalue weighted by Gasteiger charge is 2.84. The van der Waals surface area contributed by atoms with E-state index >= 15 is 0 Å². The van der Waals surface area contributed by atoms with Crippen LogP contribution in [-0.2, 0) is 4.74 Å². The highest BCUT2D eigenvalue weighted by molar-refractivity contribution is 5.26. The third-order valence-electron chi connectivity index (χ3n) is 2.43. The van der Waals surface area contributed by atoms with Gasteiger partial charge in [-0.1, -0.05) is 0 Å². The zero-order valence-corrected chi connectivity index (χ0v) is 5.16. The molecule has 0 saturated heterocycles. The van der Waals surface area contributed by atoms with Crippen molar-refractivity contribution in [2.24, 2.45) is 5.41 Å². The Morgan fingerprint density at radius 2 is 2.11 bits per heavy atom. The van der Waals surface area contributed by atoms with Gasteiger partial charge in [0.25, 0.3) is 5.92 Å². The summed E-state index contributed by atoms with van der Waals surface area (Å²) in [6.07, 6.45) is 0.474. The van der Waals surface area contributed by atoms with Crippen molar-refractivity contribution < 1.29 is 13.5 Å². The van der Waals surface area contributed by atoms with Crippen molar-refractivity contribution in [1.29, 1.82) is 0 Å². The average molecular weight is 134 g/mol. The summed E-state index contributed by atoms with van der Waals surface area (Å²) in [4.78, 5) is 0. The van der Waals surface area contributed by atoms with Gasteiger partial charge >= 0.3 is 0 Å². The second-order valence-corrected chi connectivity index (χ2v) is 2.97. The molecule has 0 N–H and O–H groups in total. The van der Waals surface area contributed by atoms with E-state index in [1.807, 2.05) is 0 Å². The van der Waals surface area contributed by atoms with Gasteiger partial charge in [0.05, 0.1) is 11.5 Å². The number of hydrogen-bond acceptors (Lipinski definition) is 1. The van der Waals surface area contributed by atoms with Gasteiger partial charge in [-0.25, -0.2) is 8.78 Å². The molecule has 0 aliphatic heterocycles. The van der Waals surface area contributed by atoms with Crippen LogP contribution >= 0.6 is 0 Å². The Balaban J connectivity index is 2.05. The van der Waals surface area contributed by atoms with Crippen LogP contribution in [0.25, 0.3) is 0 Å². The maximum atomic E-state index is 12.3. The largest absolute Gasteiger partial charge is 0.381 e. The molecule has 2 fully saturated rings. The smallest absolute Gasteiger partial charge is 0.257 e. The van der Waals surface area contributed by atoms with E-state index in [0.717, 1.165) is 0 Å². The van der Waals surface area contributed by atoms with Gasteiger partial charge in [-0.3, -0.25) is 0 Å². The molecule has 3 heteroatoms. The van der Waals surface area contributed by atoms with Gasteiger partial charge in [0.1, 0.15) is 0 Å². The number of methoxy groups -OCH3 is 1. The number of alkyl halides is 2. The van der Waals surface area contributed by atoms with Crippen LogP contribution in [0.3, 0.4) is 0 Å². The maximum absolute atomic E-state index is 12.3. The summed E-state index contributed by atoms with van der Waals surface area (Å²) in [5, 5.41) is 0. The number of rotatable bonds is 1. The zero-order valence-electron chi connectivity index (χ0n) is 5.16. The van der Waals surface area contributed by atoms with Gasteiger partial charge in [-0.2, -0.15) is 0 Å². The van der Waals surface area contributed by atoms with Crippen molar-refractivity contribution in [3.8, 4) is 0 Å². The summed E-state index contributed by atoms with van der Waals surface area (Å²) in [7, 11) is 1.49. The molecular formula is C6H8F2O. The molecule has 0 heterocycles. The summed E-state index contributed by atoms with van der Waals surface area (Å²) >= 11 is 0. The Morgan fingerprint density at radius 3 is 2.22 bits per heavy atom. The van der Waals surface area contributed by atoms with Crippen molar-refractivity contribution in [1.82, 2.24) is 0 Å². The van der Waals surface area contributed by atoms with Gasteiger partial charge < -0.3 is 4.74 Å². The van der Waals surface area contributed by atoms with E-state index in [2.05, 4.69) is 0 Å². The minimum atomic E-state index is -2.40. The highest BCUT2D eigenvalue weighted by atomic mass is 19.3. The van der Waals surface area contributed by atoms with Crippen LogP contribution in [0.4, 0.5) is 8.78 Å². The Hall–Kier alpha value is -0.180. The summed E-state index contributed by atoms with van der Waals surface area (Å²) < 4.78 is 29.5. The molecule has 2 aliphatic carbocycles. The third-order valence-corrected chi connectivity index (χ3v) is 2.43. The monoisotopic (exact) mass is 134 g/mol. The molecule has 9 heavy (non-hydrogen) atoms. The lowest BCUT2D eigenvalue weighted by molar-refractivity contribution is 0.0688. The molecule has 0 radical (unpaired) electrons.